The first-order valence-corrected chi connectivity index (χ1v) is 8.86. The van der Waals surface area contributed by atoms with Gasteiger partial charge >= 0.3 is 0 Å². The lowest BCUT2D eigenvalue weighted by Gasteiger charge is -2.14. The molecule has 1 aromatic carbocycles. The molecular weight excluding hydrogens is 377 g/mol. The number of rotatable bonds is 5. The normalized spacial score (nSPS) is 14.7. The molecule has 152 valence electrons. The largest absolute Gasteiger partial charge is 0.480 e. The average molecular weight is 399 g/mol. The van der Waals surface area contributed by atoms with Crippen LogP contribution in [0.1, 0.15) is 28.5 Å². The SMILES string of the molecule is C=C/C(=C(\N=C(/N)OC)OC)c1c(F)ccc2c(N)c3c(nc12)CN(CC)C3=O. The summed E-state index contributed by atoms with van der Waals surface area (Å²) in [7, 11) is 2.71. The number of nitrogens with zero attached hydrogens (tertiary/aromatic N) is 3. The molecule has 1 aromatic heterocycles. The van der Waals surface area contributed by atoms with Crippen molar-refractivity contribution in [1.29, 1.82) is 0 Å². The van der Waals surface area contributed by atoms with E-state index in [-0.39, 0.29) is 40.2 Å². The maximum absolute atomic E-state index is 15.0. The fourth-order valence-electron chi connectivity index (χ4n) is 3.31. The van der Waals surface area contributed by atoms with E-state index >= 15 is 0 Å². The summed E-state index contributed by atoms with van der Waals surface area (Å²) >= 11 is 0. The minimum absolute atomic E-state index is 0.00196. The van der Waals surface area contributed by atoms with Crippen LogP contribution in [0, 0.1) is 5.82 Å². The van der Waals surface area contributed by atoms with Gasteiger partial charge in [-0.25, -0.2) is 9.37 Å². The monoisotopic (exact) mass is 399 g/mol. The van der Waals surface area contributed by atoms with Crippen LogP contribution in [0.4, 0.5) is 10.1 Å². The number of nitrogens with two attached hydrogens (primary N) is 2. The second kappa shape index (κ2) is 7.78. The third kappa shape index (κ3) is 3.24. The molecule has 4 N–H and O–H groups in total. The lowest BCUT2D eigenvalue weighted by atomic mass is 9.98. The fourth-order valence-corrected chi connectivity index (χ4v) is 3.31. The Hall–Kier alpha value is -3.62. The Balaban J connectivity index is 2.37. The van der Waals surface area contributed by atoms with Gasteiger partial charge in [0.15, 0.2) is 0 Å². The summed E-state index contributed by atoms with van der Waals surface area (Å²) in [6, 6.07) is 2.58. The van der Waals surface area contributed by atoms with E-state index < -0.39 is 5.82 Å². The number of methoxy groups -OCH3 is 2. The number of aromatic nitrogens is 1. The smallest absolute Gasteiger partial charge is 0.289 e. The first kappa shape index (κ1) is 20.1. The number of allylic oxidation sites excluding steroid dienone is 2. The molecule has 0 atom stereocenters. The molecule has 2 heterocycles. The topological polar surface area (TPSA) is 116 Å². The van der Waals surface area contributed by atoms with Crippen LogP contribution in [-0.4, -0.2) is 42.6 Å². The summed E-state index contributed by atoms with van der Waals surface area (Å²) in [5.74, 6) is -0.760. The Morgan fingerprint density at radius 2 is 2.14 bits per heavy atom. The molecule has 1 aliphatic heterocycles. The molecule has 8 nitrogen and oxygen atoms in total. The van der Waals surface area contributed by atoms with Crippen LogP contribution in [0.15, 0.2) is 35.7 Å². The highest BCUT2D eigenvalue weighted by Gasteiger charge is 2.32. The number of halogens is 1. The molecule has 0 bridgehead atoms. The third-order valence-electron chi connectivity index (χ3n) is 4.76. The van der Waals surface area contributed by atoms with E-state index in [1.807, 2.05) is 6.92 Å². The van der Waals surface area contributed by atoms with E-state index in [2.05, 4.69) is 16.6 Å². The predicted molar refractivity (Wildman–Crippen MR) is 109 cm³/mol. The lowest BCUT2D eigenvalue weighted by molar-refractivity contribution is 0.0787. The van der Waals surface area contributed by atoms with Crippen LogP contribution in [0.2, 0.25) is 0 Å². The van der Waals surface area contributed by atoms with Crippen molar-refractivity contribution < 1.29 is 18.7 Å². The van der Waals surface area contributed by atoms with Gasteiger partial charge < -0.3 is 25.8 Å². The molecule has 0 saturated carbocycles. The van der Waals surface area contributed by atoms with Gasteiger partial charge in [0.2, 0.25) is 5.88 Å². The summed E-state index contributed by atoms with van der Waals surface area (Å²) in [6.45, 7) is 6.43. The van der Waals surface area contributed by atoms with Gasteiger partial charge in [0.25, 0.3) is 11.9 Å². The Kier molecular flexibility index (Phi) is 5.40. The number of nitrogen functional groups attached to an aromatic ring is 1. The van der Waals surface area contributed by atoms with Crippen molar-refractivity contribution in [1.82, 2.24) is 9.88 Å². The summed E-state index contributed by atoms with van der Waals surface area (Å²) in [4.78, 5) is 22.8. The van der Waals surface area contributed by atoms with Crippen LogP contribution < -0.4 is 11.5 Å². The van der Waals surface area contributed by atoms with Gasteiger partial charge in [-0.1, -0.05) is 12.7 Å². The number of pyridine rings is 1. The molecule has 1 amide bonds. The molecular formula is C20H22FN5O3. The van der Waals surface area contributed by atoms with Crippen LogP contribution in [-0.2, 0) is 16.0 Å². The highest BCUT2D eigenvalue weighted by Crippen LogP contribution is 2.37. The van der Waals surface area contributed by atoms with Crippen LogP contribution in [0.25, 0.3) is 16.5 Å². The summed E-state index contributed by atoms with van der Waals surface area (Å²) in [6.07, 6.45) is 1.39. The standard InChI is InChI=1S/C20H22FN5O3/c1-5-10(18(28-3)25-20(23)29-4)14-12(21)8-7-11-16(22)15-13(24-17(11)14)9-26(6-2)19(15)27/h5,7-8H,1,6,9H2,2-4H3,(H2,22,24)(H2,23,25)/b18-10-. The first-order chi connectivity index (χ1) is 13.9. The van der Waals surface area contributed by atoms with Gasteiger partial charge in [-0.15, -0.1) is 0 Å². The van der Waals surface area contributed by atoms with Crippen LogP contribution in [0.5, 0.6) is 0 Å². The molecule has 1 aliphatic rings. The van der Waals surface area contributed by atoms with Crippen molar-refractivity contribution >= 4 is 34.1 Å². The van der Waals surface area contributed by atoms with Gasteiger partial charge in [-0.2, -0.15) is 4.99 Å². The molecule has 0 radical (unpaired) electrons. The van der Waals surface area contributed by atoms with E-state index in [1.54, 1.807) is 4.90 Å². The van der Waals surface area contributed by atoms with Crippen molar-refractivity contribution in [2.24, 2.45) is 10.7 Å². The Labute approximate surface area is 167 Å². The number of benzene rings is 1. The maximum Gasteiger partial charge on any atom is 0.289 e. The van der Waals surface area contributed by atoms with Crippen LogP contribution in [0.3, 0.4) is 0 Å². The highest BCUT2D eigenvalue weighted by atomic mass is 19.1. The molecule has 0 saturated heterocycles. The molecule has 0 spiro atoms. The number of ether oxygens (including phenoxy) is 2. The van der Waals surface area contributed by atoms with Crippen molar-refractivity contribution in [3.63, 3.8) is 0 Å². The minimum atomic E-state index is -0.573. The third-order valence-corrected chi connectivity index (χ3v) is 4.76. The number of carbonyl (C=O) groups is 1. The number of amidine groups is 1. The second-order valence-electron chi connectivity index (χ2n) is 6.27. The molecule has 0 fully saturated rings. The lowest BCUT2D eigenvalue weighted by Crippen LogP contribution is -2.23. The summed E-state index contributed by atoms with van der Waals surface area (Å²) < 4.78 is 25.1. The zero-order valence-electron chi connectivity index (χ0n) is 16.5. The van der Waals surface area contributed by atoms with E-state index in [4.69, 9.17) is 20.9 Å². The van der Waals surface area contributed by atoms with Gasteiger partial charge in [0.05, 0.1) is 43.2 Å². The number of aliphatic imine (C=N–C) groups is 1. The van der Waals surface area contributed by atoms with E-state index in [0.29, 0.717) is 29.7 Å². The maximum atomic E-state index is 15.0. The Bertz CT molecular complexity index is 1080. The van der Waals surface area contributed by atoms with E-state index in [1.165, 1.54) is 32.4 Å². The molecule has 2 aromatic rings. The molecule has 29 heavy (non-hydrogen) atoms. The number of amides is 1. The van der Waals surface area contributed by atoms with Gasteiger partial charge in [-0.3, -0.25) is 4.79 Å². The first-order valence-electron chi connectivity index (χ1n) is 8.86. The molecule has 9 heteroatoms. The van der Waals surface area contributed by atoms with Crippen molar-refractivity contribution in [2.45, 2.75) is 13.5 Å². The second-order valence-corrected chi connectivity index (χ2v) is 6.27. The number of hydrogen-bond donors (Lipinski definition) is 2. The summed E-state index contributed by atoms with van der Waals surface area (Å²) in [5, 5.41) is 0.449. The highest BCUT2D eigenvalue weighted by molar-refractivity contribution is 6.11. The van der Waals surface area contributed by atoms with Crippen molar-refractivity contribution in [3.05, 3.63) is 53.3 Å². The van der Waals surface area contributed by atoms with Crippen molar-refractivity contribution in [3.8, 4) is 0 Å². The molecule has 3 rings (SSSR count). The zero-order valence-corrected chi connectivity index (χ0v) is 16.5. The van der Waals surface area contributed by atoms with Gasteiger partial charge in [0.1, 0.15) is 5.82 Å². The van der Waals surface area contributed by atoms with E-state index in [9.17, 15) is 9.18 Å². The Morgan fingerprint density at radius 1 is 1.41 bits per heavy atom. The van der Waals surface area contributed by atoms with Crippen molar-refractivity contribution in [2.75, 3.05) is 26.5 Å². The van der Waals surface area contributed by atoms with Crippen LogP contribution >= 0.6 is 0 Å². The molecule has 0 aliphatic carbocycles. The predicted octanol–water partition coefficient (Wildman–Crippen LogP) is 2.39. The number of carbonyl (C=O) groups excluding carboxylic acids is 1. The number of anilines is 1. The summed E-state index contributed by atoms with van der Waals surface area (Å²) in [5.41, 5.74) is 13.6. The number of hydrogen-bond acceptors (Lipinski definition) is 6. The fraction of sp³-hybridized carbons (Fsp3) is 0.250. The van der Waals surface area contributed by atoms with E-state index in [0.717, 1.165) is 0 Å². The van der Waals surface area contributed by atoms with Gasteiger partial charge in [0, 0.05) is 23.1 Å². The molecule has 0 unspecified atom stereocenters. The number of fused-ring (bicyclic) bond motifs is 2. The Morgan fingerprint density at radius 3 is 2.72 bits per heavy atom. The zero-order chi connectivity index (χ0) is 21.3. The quantitative estimate of drug-likeness (QED) is 0.345. The minimum Gasteiger partial charge on any atom is -0.480 e. The van der Waals surface area contributed by atoms with Gasteiger partial charge in [-0.05, 0) is 19.1 Å². The average Bonchev–Trinajstić information content (AvgIpc) is 3.04.